The van der Waals surface area contributed by atoms with Gasteiger partial charge in [-0.15, -0.1) is 0 Å². The summed E-state index contributed by atoms with van der Waals surface area (Å²) in [6.07, 6.45) is 0. The smallest absolute Gasteiger partial charge is 0.337 e. The van der Waals surface area contributed by atoms with Crippen molar-refractivity contribution in [1.82, 2.24) is 0 Å². The molecule has 0 aromatic heterocycles. The summed E-state index contributed by atoms with van der Waals surface area (Å²) in [7, 11) is 0. The lowest BCUT2D eigenvalue weighted by Gasteiger charge is -2.17. The topological polar surface area (TPSA) is 58.6 Å². The second kappa shape index (κ2) is 7.68. The first-order valence-corrected chi connectivity index (χ1v) is 7.85. The fraction of sp³-hybridized carbons (Fsp3) is 0.235. The van der Waals surface area contributed by atoms with Gasteiger partial charge in [0.25, 0.3) is 0 Å². The van der Waals surface area contributed by atoms with Gasteiger partial charge in [0, 0.05) is 12.2 Å². The van der Waals surface area contributed by atoms with Crippen LogP contribution in [0.15, 0.2) is 30.3 Å². The van der Waals surface area contributed by atoms with E-state index < -0.39 is 5.97 Å². The highest BCUT2D eigenvalue weighted by Gasteiger charge is 2.17. The van der Waals surface area contributed by atoms with Crippen molar-refractivity contribution in [3.8, 4) is 0 Å². The third-order valence-electron chi connectivity index (χ3n) is 3.38. The van der Waals surface area contributed by atoms with Gasteiger partial charge >= 0.3 is 5.97 Å². The van der Waals surface area contributed by atoms with Crippen molar-refractivity contribution < 1.29 is 14.6 Å². The summed E-state index contributed by atoms with van der Waals surface area (Å²) >= 11 is 12.5. The minimum atomic E-state index is -1.04. The Labute approximate surface area is 145 Å². The van der Waals surface area contributed by atoms with Gasteiger partial charge in [-0.05, 0) is 31.5 Å². The molecule has 0 saturated heterocycles. The molecule has 0 aliphatic heterocycles. The number of anilines is 2. The molecule has 0 unspecified atom stereocenters. The molecule has 23 heavy (non-hydrogen) atoms. The zero-order chi connectivity index (χ0) is 17.0. The van der Waals surface area contributed by atoms with Crippen molar-refractivity contribution in [2.75, 3.05) is 11.9 Å². The molecule has 0 fully saturated rings. The molecule has 6 heteroatoms. The van der Waals surface area contributed by atoms with E-state index in [2.05, 4.69) is 5.32 Å². The number of para-hydroxylation sites is 1. The third-order valence-corrected chi connectivity index (χ3v) is 4.18. The highest BCUT2D eigenvalue weighted by Crippen LogP contribution is 2.37. The summed E-state index contributed by atoms with van der Waals surface area (Å²) in [4.78, 5) is 11.5. The van der Waals surface area contributed by atoms with Crippen LogP contribution in [0, 0.1) is 6.92 Å². The molecule has 0 saturated carbocycles. The van der Waals surface area contributed by atoms with Crippen LogP contribution in [0.2, 0.25) is 10.0 Å². The van der Waals surface area contributed by atoms with Crippen LogP contribution in [0.3, 0.4) is 0 Å². The van der Waals surface area contributed by atoms with Gasteiger partial charge in [-0.2, -0.15) is 0 Å². The van der Waals surface area contributed by atoms with Crippen LogP contribution in [-0.4, -0.2) is 17.7 Å². The summed E-state index contributed by atoms with van der Waals surface area (Å²) in [5.41, 5.74) is 2.62. The number of halogens is 2. The number of hydrogen-bond donors (Lipinski definition) is 2. The summed E-state index contributed by atoms with van der Waals surface area (Å²) in [5, 5.41) is 13.4. The fourth-order valence-electron chi connectivity index (χ4n) is 2.15. The molecule has 0 aliphatic carbocycles. The van der Waals surface area contributed by atoms with Gasteiger partial charge in [0.2, 0.25) is 0 Å². The first-order chi connectivity index (χ1) is 11.0. The SMILES string of the molecule is CCOCc1cccc(C(=O)O)c1Nc1c(Cl)ccc(C)c1Cl. The van der Waals surface area contributed by atoms with Crippen LogP contribution in [-0.2, 0) is 11.3 Å². The molecule has 2 N–H and O–H groups in total. The van der Waals surface area contributed by atoms with Crippen molar-refractivity contribution >= 4 is 40.5 Å². The number of carbonyl (C=O) groups is 1. The largest absolute Gasteiger partial charge is 0.478 e. The Morgan fingerprint density at radius 1 is 1.22 bits per heavy atom. The lowest BCUT2D eigenvalue weighted by atomic mass is 10.1. The van der Waals surface area contributed by atoms with E-state index >= 15 is 0 Å². The van der Waals surface area contributed by atoms with Crippen molar-refractivity contribution in [2.24, 2.45) is 0 Å². The van der Waals surface area contributed by atoms with E-state index in [1.165, 1.54) is 6.07 Å². The van der Waals surface area contributed by atoms with Crippen LogP contribution in [0.1, 0.15) is 28.4 Å². The maximum Gasteiger partial charge on any atom is 0.337 e. The van der Waals surface area contributed by atoms with Crippen LogP contribution in [0.4, 0.5) is 11.4 Å². The van der Waals surface area contributed by atoms with E-state index in [0.29, 0.717) is 34.6 Å². The summed E-state index contributed by atoms with van der Waals surface area (Å²) in [6, 6.07) is 8.54. The number of rotatable bonds is 6. The Hall–Kier alpha value is -1.75. The van der Waals surface area contributed by atoms with E-state index in [-0.39, 0.29) is 5.56 Å². The number of aromatic carboxylic acids is 1. The second-order valence-corrected chi connectivity index (χ2v) is 5.75. The lowest BCUT2D eigenvalue weighted by Crippen LogP contribution is -2.07. The highest BCUT2D eigenvalue weighted by molar-refractivity contribution is 6.39. The molecule has 0 heterocycles. The number of ether oxygens (including phenoxy) is 1. The van der Waals surface area contributed by atoms with Gasteiger partial charge in [-0.25, -0.2) is 4.79 Å². The average molecular weight is 354 g/mol. The van der Waals surface area contributed by atoms with Gasteiger partial charge < -0.3 is 15.2 Å². The molecule has 2 aromatic carbocycles. The number of hydrogen-bond acceptors (Lipinski definition) is 3. The first kappa shape index (κ1) is 17.6. The number of carboxylic acids is 1. The van der Waals surface area contributed by atoms with Crippen molar-refractivity contribution in [1.29, 1.82) is 0 Å². The van der Waals surface area contributed by atoms with E-state index in [0.717, 1.165) is 11.1 Å². The molecule has 0 atom stereocenters. The Bertz CT molecular complexity index is 732. The van der Waals surface area contributed by atoms with Gasteiger partial charge in [-0.3, -0.25) is 0 Å². The minimum absolute atomic E-state index is 0.135. The Balaban J connectivity index is 2.53. The zero-order valence-electron chi connectivity index (χ0n) is 12.8. The van der Waals surface area contributed by atoms with Gasteiger partial charge in [0.1, 0.15) is 0 Å². The molecule has 0 spiro atoms. The maximum absolute atomic E-state index is 11.5. The second-order valence-electron chi connectivity index (χ2n) is 4.96. The molecule has 0 amide bonds. The van der Waals surface area contributed by atoms with Crippen molar-refractivity contribution in [2.45, 2.75) is 20.5 Å². The fourth-order valence-corrected chi connectivity index (χ4v) is 2.62. The number of nitrogens with one attached hydrogen (secondary N) is 1. The molecule has 4 nitrogen and oxygen atoms in total. The standard InChI is InChI=1S/C17H17Cl2NO3/c1-3-23-9-11-5-4-6-12(17(21)22)15(11)20-16-13(18)8-7-10(2)14(16)19/h4-8,20H,3,9H2,1-2H3,(H,21,22). The Morgan fingerprint density at radius 2 is 1.96 bits per heavy atom. The molecule has 0 radical (unpaired) electrons. The van der Waals surface area contributed by atoms with Crippen LogP contribution >= 0.6 is 23.2 Å². The van der Waals surface area contributed by atoms with Gasteiger partial charge in [0.05, 0.1) is 33.6 Å². The average Bonchev–Trinajstić information content (AvgIpc) is 2.53. The van der Waals surface area contributed by atoms with E-state index in [4.69, 9.17) is 27.9 Å². The Kier molecular flexibility index (Phi) is 5.88. The quantitative estimate of drug-likeness (QED) is 0.741. The van der Waals surface area contributed by atoms with E-state index in [9.17, 15) is 9.90 Å². The summed E-state index contributed by atoms with van der Waals surface area (Å²) < 4.78 is 5.42. The Morgan fingerprint density at radius 3 is 2.61 bits per heavy atom. The molecular weight excluding hydrogens is 337 g/mol. The van der Waals surface area contributed by atoms with Crippen LogP contribution in [0.25, 0.3) is 0 Å². The molecule has 0 aliphatic rings. The number of benzene rings is 2. The monoisotopic (exact) mass is 353 g/mol. The van der Waals surface area contributed by atoms with Gasteiger partial charge in [-0.1, -0.05) is 41.4 Å². The zero-order valence-corrected chi connectivity index (χ0v) is 14.3. The normalized spacial score (nSPS) is 10.6. The molecular formula is C17H17Cl2NO3. The molecule has 2 aromatic rings. The summed E-state index contributed by atoms with van der Waals surface area (Å²) in [5.74, 6) is -1.04. The van der Waals surface area contributed by atoms with E-state index in [1.807, 2.05) is 19.9 Å². The third kappa shape index (κ3) is 3.96. The minimum Gasteiger partial charge on any atom is -0.478 e. The first-order valence-electron chi connectivity index (χ1n) is 7.10. The van der Waals surface area contributed by atoms with Gasteiger partial charge in [0.15, 0.2) is 0 Å². The van der Waals surface area contributed by atoms with Crippen LogP contribution in [0.5, 0.6) is 0 Å². The molecule has 122 valence electrons. The van der Waals surface area contributed by atoms with Crippen molar-refractivity contribution in [3.05, 3.63) is 57.1 Å². The molecule has 0 bridgehead atoms. The predicted octanol–water partition coefficient (Wildman–Crippen LogP) is 5.28. The van der Waals surface area contributed by atoms with E-state index in [1.54, 1.807) is 18.2 Å². The maximum atomic E-state index is 11.5. The predicted molar refractivity (Wildman–Crippen MR) is 93.2 cm³/mol. The number of carboxylic acid groups (broad SMARTS) is 1. The highest BCUT2D eigenvalue weighted by atomic mass is 35.5. The lowest BCUT2D eigenvalue weighted by molar-refractivity contribution is 0.0697. The molecule has 2 rings (SSSR count). The van der Waals surface area contributed by atoms with Crippen LogP contribution < -0.4 is 5.32 Å². The summed E-state index contributed by atoms with van der Waals surface area (Å²) in [6.45, 7) is 4.56. The van der Waals surface area contributed by atoms with Crippen molar-refractivity contribution in [3.63, 3.8) is 0 Å². The number of aryl methyl sites for hydroxylation is 1.